The molecule has 1 heterocycles. The molecule has 0 saturated heterocycles. The first kappa shape index (κ1) is 13.5. The van der Waals surface area contributed by atoms with Crippen molar-refractivity contribution in [2.24, 2.45) is 0 Å². The van der Waals surface area contributed by atoms with Crippen molar-refractivity contribution in [3.63, 3.8) is 0 Å². The number of halogens is 1. The summed E-state index contributed by atoms with van der Waals surface area (Å²) in [5, 5.41) is 8.60. The molecule has 3 N–H and O–H groups in total. The van der Waals surface area contributed by atoms with Crippen LogP contribution in [-0.4, -0.2) is 25.7 Å². The van der Waals surface area contributed by atoms with E-state index in [1.54, 1.807) is 12.1 Å². The van der Waals surface area contributed by atoms with E-state index in [1.807, 2.05) is 0 Å². The van der Waals surface area contributed by atoms with Gasteiger partial charge in [-0.05, 0) is 37.6 Å². The van der Waals surface area contributed by atoms with Crippen LogP contribution in [0.3, 0.4) is 0 Å². The number of amides is 2. The molecule has 19 heavy (non-hydrogen) atoms. The molecule has 1 aromatic rings. The predicted octanol–water partition coefficient (Wildman–Crippen LogP) is 2.26. The molecule has 0 saturated carbocycles. The fourth-order valence-corrected chi connectivity index (χ4v) is 1.97. The Morgan fingerprint density at radius 3 is 3.05 bits per heavy atom. The second-order valence-corrected chi connectivity index (χ2v) is 4.46. The number of rotatable bonds is 4. The van der Waals surface area contributed by atoms with Crippen molar-refractivity contribution in [3.05, 3.63) is 41.7 Å². The Labute approximate surface area is 112 Å². The van der Waals surface area contributed by atoms with E-state index in [0.29, 0.717) is 12.2 Å². The Hall–Kier alpha value is -1.88. The molecule has 0 aromatic heterocycles. The number of hydrogen-bond donors (Lipinski definition) is 3. The van der Waals surface area contributed by atoms with E-state index in [2.05, 4.69) is 22.0 Å². The number of carbonyl (C=O) groups is 1. The van der Waals surface area contributed by atoms with Crippen molar-refractivity contribution in [1.82, 2.24) is 10.6 Å². The first-order valence-electron chi connectivity index (χ1n) is 6.43. The minimum absolute atomic E-state index is 0.305. The summed E-state index contributed by atoms with van der Waals surface area (Å²) in [5.41, 5.74) is 1.82. The van der Waals surface area contributed by atoms with Crippen molar-refractivity contribution >= 4 is 11.7 Å². The van der Waals surface area contributed by atoms with Crippen LogP contribution in [0.15, 0.2) is 35.9 Å². The molecule has 102 valence electrons. The highest BCUT2D eigenvalue weighted by molar-refractivity contribution is 5.89. The lowest BCUT2D eigenvalue weighted by molar-refractivity contribution is 0.252. The van der Waals surface area contributed by atoms with Crippen LogP contribution >= 0.6 is 0 Å². The summed E-state index contributed by atoms with van der Waals surface area (Å²) in [4.78, 5) is 11.6. The van der Waals surface area contributed by atoms with E-state index >= 15 is 0 Å². The highest BCUT2D eigenvalue weighted by Crippen LogP contribution is 2.09. The van der Waals surface area contributed by atoms with Crippen molar-refractivity contribution in [2.75, 3.05) is 25.0 Å². The maximum atomic E-state index is 12.9. The molecule has 1 aromatic carbocycles. The lowest BCUT2D eigenvalue weighted by Gasteiger charge is -2.14. The second-order valence-electron chi connectivity index (χ2n) is 4.46. The van der Waals surface area contributed by atoms with E-state index in [0.717, 1.165) is 25.9 Å². The number of nitrogens with one attached hydrogen (secondary N) is 3. The maximum Gasteiger partial charge on any atom is 0.319 e. The van der Waals surface area contributed by atoms with Crippen molar-refractivity contribution < 1.29 is 9.18 Å². The Bertz CT molecular complexity index is 474. The summed E-state index contributed by atoms with van der Waals surface area (Å²) < 4.78 is 12.9. The quantitative estimate of drug-likeness (QED) is 0.730. The molecule has 0 fully saturated rings. The minimum atomic E-state index is -0.363. The summed E-state index contributed by atoms with van der Waals surface area (Å²) in [6, 6.07) is 5.53. The lowest BCUT2D eigenvalue weighted by Crippen LogP contribution is -2.30. The number of urea groups is 1. The highest BCUT2D eigenvalue weighted by atomic mass is 19.1. The van der Waals surface area contributed by atoms with Gasteiger partial charge >= 0.3 is 6.03 Å². The van der Waals surface area contributed by atoms with Gasteiger partial charge in [0, 0.05) is 18.8 Å². The van der Waals surface area contributed by atoms with Crippen LogP contribution in [0.4, 0.5) is 14.9 Å². The molecular weight excluding hydrogens is 245 g/mol. The average molecular weight is 263 g/mol. The van der Waals surface area contributed by atoms with Crippen LogP contribution in [0, 0.1) is 5.82 Å². The lowest BCUT2D eigenvalue weighted by atomic mass is 10.1. The van der Waals surface area contributed by atoms with Crippen LogP contribution in [0.1, 0.15) is 12.8 Å². The molecule has 0 bridgehead atoms. The van der Waals surface area contributed by atoms with Gasteiger partial charge in [-0.15, -0.1) is 0 Å². The van der Waals surface area contributed by atoms with Gasteiger partial charge in [0.05, 0.1) is 0 Å². The van der Waals surface area contributed by atoms with Crippen LogP contribution in [-0.2, 0) is 0 Å². The number of hydrogen-bond acceptors (Lipinski definition) is 2. The molecular formula is C14H18FN3O. The average Bonchev–Trinajstić information content (AvgIpc) is 2.40. The van der Waals surface area contributed by atoms with Gasteiger partial charge < -0.3 is 16.0 Å². The van der Waals surface area contributed by atoms with Gasteiger partial charge in [0.15, 0.2) is 0 Å². The molecule has 4 nitrogen and oxygen atoms in total. The van der Waals surface area contributed by atoms with Gasteiger partial charge in [0.1, 0.15) is 5.82 Å². The van der Waals surface area contributed by atoms with Gasteiger partial charge in [-0.2, -0.15) is 0 Å². The Balaban J connectivity index is 1.71. The Morgan fingerprint density at radius 2 is 2.32 bits per heavy atom. The normalized spacial score (nSPS) is 14.7. The molecule has 0 unspecified atom stereocenters. The van der Waals surface area contributed by atoms with E-state index < -0.39 is 0 Å². The summed E-state index contributed by atoms with van der Waals surface area (Å²) in [6.45, 7) is 2.50. The minimum Gasteiger partial charge on any atom is -0.338 e. The standard InChI is InChI=1S/C14H18FN3O/c15-12-2-1-3-13(10-12)18-14(19)17-9-6-11-4-7-16-8-5-11/h1-4,10,16H,5-9H2,(H2,17,18,19). The van der Waals surface area contributed by atoms with Crippen LogP contribution < -0.4 is 16.0 Å². The zero-order valence-corrected chi connectivity index (χ0v) is 10.7. The van der Waals surface area contributed by atoms with Gasteiger partial charge in [-0.25, -0.2) is 9.18 Å². The molecule has 1 aliphatic heterocycles. The first-order valence-corrected chi connectivity index (χ1v) is 6.43. The third-order valence-corrected chi connectivity index (χ3v) is 2.97. The third kappa shape index (κ3) is 4.71. The van der Waals surface area contributed by atoms with Crippen LogP contribution in [0.2, 0.25) is 0 Å². The molecule has 0 aliphatic carbocycles. The van der Waals surface area contributed by atoms with E-state index in [4.69, 9.17) is 0 Å². The van der Waals surface area contributed by atoms with Gasteiger partial charge in [-0.3, -0.25) is 0 Å². The summed E-state index contributed by atoms with van der Waals surface area (Å²) in [7, 11) is 0. The highest BCUT2D eigenvalue weighted by Gasteiger charge is 2.05. The topological polar surface area (TPSA) is 53.2 Å². The Morgan fingerprint density at radius 1 is 1.42 bits per heavy atom. The fraction of sp³-hybridized carbons (Fsp3) is 0.357. The smallest absolute Gasteiger partial charge is 0.319 e. The fourth-order valence-electron chi connectivity index (χ4n) is 1.97. The molecule has 0 atom stereocenters. The predicted molar refractivity (Wildman–Crippen MR) is 73.6 cm³/mol. The second kappa shape index (κ2) is 6.89. The number of carbonyl (C=O) groups excluding carboxylic acids is 1. The first-order chi connectivity index (χ1) is 9.24. The van der Waals surface area contributed by atoms with Crippen molar-refractivity contribution in [2.45, 2.75) is 12.8 Å². The summed E-state index contributed by atoms with van der Waals surface area (Å²) >= 11 is 0. The maximum absolute atomic E-state index is 12.9. The zero-order valence-electron chi connectivity index (χ0n) is 10.7. The van der Waals surface area contributed by atoms with Crippen LogP contribution in [0.25, 0.3) is 0 Å². The van der Waals surface area contributed by atoms with E-state index in [-0.39, 0.29) is 11.8 Å². The largest absolute Gasteiger partial charge is 0.338 e. The zero-order chi connectivity index (χ0) is 13.5. The van der Waals surface area contributed by atoms with Gasteiger partial charge in [0.2, 0.25) is 0 Å². The van der Waals surface area contributed by atoms with E-state index in [9.17, 15) is 9.18 Å². The van der Waals surface area contributed by atoms with Crippen LogP contribution in [0.5, 0.6) is 0 Å². The van der Waals surface area contributed by atoms with Crippen molar-refractivity contribution in [1.29, 1.82) is 0 Å². The molecule has 2 rings (SSSR count). The summed E-state index contributed by atoms with van der Waals surface area (Å²) in [6.07, 6.45) is 4.06. The molecule has 5 heteroatoms. The molecule has 0 spiro atoms. The SMILES string of the molecule is O=C(NCCC1=CCNCC1)Nc1cccc(F)c1. The number of benzene rings is 1. The summed E-state index contributed by atoms with van der Waals surface area (Å²) in [5.74, 6) is -0.363. The molecule has 0 radical (unpaired) electrons. The van der Waals surface area contributed by atoms with Crippen molar-refractivity contribution in [3.8, 4) is 0 Å². The Kier molecular flexibility index (Phi) is 4.92. The van der Waals surface area contributed by atoms with Gasteiger partial charge in [0.25, 0.3) is 0 Å². The number of anilines is 1. The third-order valence-electron chi connectivity index (χ3n) is 2.97. The monoisotopic (exact) mass is 263 g/mol. The molecule has 2 amide bonds. The molecule has 1 aliphatic rings. The van der Waals surface area contributed by atoms with E-state index in [1.165, 1.54) is 17.7 Å². The van der Waals surface area contributed by atoms with Gasteiger partial charge in [-0.1, -0.05) is 17.7 Å².